The molecule has 1 saturated carbocycles. The molecule has 0 amide bonds. The van der Waals surface area contributed by atoms with Crippen molar-refractivity contribution in [3.8, 4) is 5.75 Å². The Morgan fingerprint density at radius 1 is 1.40 bits per heavy atom. The molecule has 2 aromatic rings. The molecule has 0 bridgehead atoms. The van der Waals surface area contributed by atoms with E-state index in [9.17, 15) is 10.1 Å². The lowest BCUT2D eigenvalue weighted by Gasteiger charge is -2.28. The van der Waals surface area contributed by atoms with Crippen molar-refractivity contribution in [1.82, 2.24) is 14.9 Å². The first-order valence-corrected chi connectivity index (χ1v) is 8.52. The zero-order valence-electron chi connectivity index (χ0n) is 14.1. The van der Waals surface area contributed by atoms with E-state index < -0.39 is 4.92 Å². The van der Waals surface area contributed by atoms with Gasteiger partial charge >= 0.3 is 0 Å². The van der Waals surface area contributed by atoms with Gasteiger partial charge in [-0.25, -0.2) is 9.97 Å². The molecular weight excluding hydrogens is 320 g/mol. The maximum absolute atomic E-state index is 10.9. The molecule has 0 spiro atoms. The van der Waals surface area contributed by atoms with Crippen LogP contribution >= 0.6 is 0 Å². The normalized spacial score (nSPS) is 17.2. The number of hydrogen-bond donors (Lipinski definition) is 0. The molecule has 1 fully saturated rings. The van der Waals surface area contributed by atoms with Crippen molar-refractivity contribution in [3.05, 3.63) is 57.2 Å². The number of benzene rings is 1. The molecule has 4 rings (SSSR count). The van der Waals surface area contributed by atoms with E-state index in [1.807, 2.05) is 6.20 Å². The van der Waals surface area contributed by atoms with Gasteiger partial charge in [0.15, 0.2) is 0 Å². The van der Waals surface area contributed by atoms with E-state index in [4.69, 9.17) is 9.72 Å². The largest absolute Gasteiger partial charge is 0.496 e. The van der Waals surface area contributed by atoms with Gasteiger partial charge in [0, 0.05) is 61.1 Å². The smallest absolute Gasteiger partial charge is 0.273 e. The molecule has 0 radical (unpaired) electrons. The van der Waals surface area contributed by atoms with Gasteiger partial charge in [-0.15, -0.1) is 0 Å². The molecular formula is C18H20N4O3. The van der Waals surface area contributed by atoms with Crippen LogP contribution in [0, 0.1) is 10.1 Å². The van der Waals surface area contributed by atoms with E-state index >= 15 is 0 Å². The van der Waals surface area contributed by atoms with Gasteiger partial charge in [0.25, 0.3) is 5.69 Å². The zero-order chi connectivity index (χ0) is 17.4. The molecule has 1 aromatic heterocycles. The second-order valence-corrected chi connectivity index (χ2v) is 6.69. The fourth-order valence-corrected chi connectivity index (χ4v) is 3.28. The molecule has 0 N–H and O–H groups in total. The number of nitro groups is 1. The summed E-state index contributed by atoms with van der Waals surface area (Å²) in [6.07, 6.45) is 5.30. The molecule has 1 aliphatic carbocycles. The molecule has 7 heteroatoms. The maximum atomic E-state index is 10.9. The predicted octanol–water partition coefficient (Wildman–Crippen LogP) is 2.83. The number of rotatable bonds is 5. The summed E-state index contributed by atoms with van der Waals surface area (Å²) in [5.41, 5.74) is 3.35. The molecule has 2 aliphatic rings. The van der Waals surface area contributed by atoms with Crippen molar-refractivity contribution >= 4 is 5.69 Å². The van der Waals surface area contributed by atoms with Gasteiger partial charge < -0.3 is 4.74 Å². The summed E-state index contributed by atoms with van der Waals surface area (Å²) >= 11 is 0. The first kappa shape index (κ1) is 16.0. The highest BCUT2D eigenvalue weighted by Crippen LogP contribution is 2.38. The number of ether oxygens (including phenoxy) is 1. The summed E-state index contributed by atoms with van der Waals surface area (Å²) in [6, 6.07) is 4.79. The van der Waals surface area contributed by atoms with E-state index in [1.165, 1.54) is 36.2 Å². The van der Waals surface area contributed by atoms with Crippen LogP contribution in [-0.4, -0.2) is 33.4 Å². The molecule has 0 saturated heterocycles. The first-order valence-electron chi connectivity index (χ1n) is 8.52. The number of fused-ring (bicyclic) bond motifs is 1. The highest BCUT2D eigenvalue weighted by molar-refractivity contribution is 5.44. The van der Waals surface area contributed by atoms with Crippen LogP contribution in [0.5, 0.6) is 5.75 Å². The number of aromatic nitrogens is 2. The van der Waals surface area contributed by atoms with Crippen LogP contribution in [0.25, 0.3) is 0 Å². The highest BCUT2D eigenvalue weighted by Gasteiger charge is 2.28. The lowest BCUT2D eigenvalue weighted by atomic mass is 10.1. The minimum atomic E-state index is -0.405. The Morgan fingerprint density at radius 3 is 2.96 bits per heavy atom. The summed E-state index contributed by atoms with van der Waals surface area (Å²) < 4.78 is 5.34. The molecule has 25 heavy (non-hydrogen) atoms. The zero-order valence-corrected chi connectivity index (χ0v) is 14.1. The molecule has 130 valence electrons. The third-order valence-electron chi connectivity index (χ3n) is 4.85. The SMILES string of the molecule is COc1cc([N+](=O)[O-])ccc1CN1CCc2nc(C3CC3)ncc2C1. The number of nitro benzene ring substituents is 1. The Bertz CT molecular complexity index is 820. The molecule has 2 heterocycles. The van der Waals surface area contributed by atoms with E-state index in [0.717, 1.165) is 30.9 Å². The Kier molecular flexibility index (Phi) is 4.09. The quantitative estimate of drug-likeness (QED) is 0.615. The Balaban J connectivity index is 1.49. The Morgan fingerprint density at radius 2 is 2.24 bits per heavy atom. The van der Waals surface area contributed by atoms with Crippen molar-refractivity contribution in [2.45, 2.75) is 38.3 Å². The Labute approximate surface area is 145 Å². The van der Waals surface area contributed by atoms with E-state index in [2.05, 4.69) is 9.88 Å². The van der Waals surface area contributed by atoms with Crippen LogP contribution in [0.1, 0.15) is 41.4 Å². The molecule has 1 aliphatic heterocycles. The van der Waals surface area contributed by atoms with Gasteiger partial charge in [-0.2, -0.15) is 0 Å². The van der Waals surface area contributed by atoms with Gasteiger partial charge in [-0.05, 0) is 18.9 Å². The van der Waals surface area contributed by atoms with Crippen molar-refractivity contribution in [3.63, 3.8) is 0 Å². The lowest BCUT2D eigenvalue weighted by Crippen LogP contribution is -2.31. The summed E-state index contributed by atoms with van der Waals surface area (Å²) in [5, 5.41) is 10.9. The summed E-state index contributed by atoms with van der Waals surface area (Å²) in [6.45, 7) is 2.39. The van der Waals surface area contributed by atoms with Crippen molar-refractivity contribution < 1.29 is 9.66 Å². The van der Waals surface area contributed by atoms with Crippen LogP contribution in [0.15, 0.2) is 24.4 Å². The van der Waals surface area contributed by atoms with Crippen LogP contribution in [0.2, 0.25) is 0 Å². The van der Waals surface area contributed by atoms with E-state index in [1.54, 1.807) is 13.2 Å². The Hall–Kier alpha value is -2.54. The predicted molar refractivity (Wildman–Crippen MR) is 91.5 cm³/mol. The van der Waals surface area contributed by atoms with Gasteiger partial charge in [-0.1, -0.05) is 0 Å². The van der Waals surface area contributed by atoms with Crippen LogP contribution < -0.4 is 4.74 Å². The molecule has 7 nitrogen and oxygen atoms in total. The van der Waals surface area contributed by atoms with Gasteiger partial charge in [0.05, 0.1) is 18.1 Å². The summed E-state index contributed by atoms with van der Waals surface area (Å²) in [7, 11) is 1.54. The molecule has 0 unspecified atom stereocenters. The number of non-ortho nitro benzene ring substituents is 1. The summed E-state index contributed by atoms with van der Waals surface area (Å²) in [5.74, 6) is 2.14. The standard InChI is InChI=1S/C18H20N4O3/c1-25-17-8-15(22(23)24)5-4-13(17)10-21-7-6-16-14(11-21)9-19-18(20-16)12-2-3-12/h4-5,8-9,12H,2-3,6-7,10-11H2,1H3. The number of methoxy groups -OCH3 is 1. The number of nitrogens with zero attached hydrogens (tertiary/aromatic N) is 4. The molecule has 1 aromatic carbocycles. The monoisotopic (exact) mass is 340 g/mol. The maximum Gasteiger partial charge on any atom is 0.273 e. The highest BCUT2D eigenvalue weighted by atomic mass is 16.6. The fourth-order valence-electron chi connectivity index (χ4n) is 3.28. The van der Waals surface area contributed by atoms with Crippen molar-refractivity contribution in [1.29, 1.82) is 0 Å². The van der Waals surface area contributed by atoms with E-state index in [-0.39, 0.29) is 5.69 Å². The van der Waals surface area contributed by atoms with Crippen LogP contribution in [0.4, 0.5) is 5.69 Å². The van der Waals surface area contributed by atoms with Crippen molar-refractivity contribution in [2.24, 2.45) is 0 Å². The van der Waals surface area contributed by atoms with Crippen molar-refractivity contribution in [2.75, 3.05) is 13.7 Å². The molecule has 0 atom stereocenters. The fraction of sp³-hybridized carbons (Fsp3) is 0.444. The third kappa shape index (κ3) is 3.32. The minimum absolute atomic E-state index is 0.0468. The van der Waals surface area contributed by atoms with E-state index in [0.29, 0.717) is 18.2 Å². The van der Waals surface area contributed by atoms with Gasteiger partial charge in [0.2, 0.25) is 0 Å². The number of hydrogen-bond acceptors (Lipinski definition) is 6. The second kappa shape index (κ2) is 6.40. The summed E-state index contributed by atoms with van der Waals surface area (Å²) in [4.78, 5) is 22.1. The minimum Gasteiger partial charge on any atom is -0.496 e. The van der Waals surface area contributed by atoms with Crippen LogP contribution in [-0.2, 0) is 19.5 Å². The second-order valence-electron chi connectivity index (χ2n) is 6.69. The topological polar surface area (TPSA) is 81.4 Å². The van der Waals surface area contributed by atoms with Gasteiger partial charge in [0.1, 0.15) is 11.6 Å². The third-order valence-corrected chi connectivity index (χ3v) is 4.85. The average Bonchev–Trinajstić information content (AvgIpc) is 3.46. The average molecular weight is 340 g/mol. The van der Waals surface area contributed by atoms with Crippen LogP contribution in [0.3, 0.4) is 0 Å². The lowest BCUT2D eigenvalue weighted by molar-refractivity contribution is -0.384. The first-order chi connectivity index (χ1) is 12.1. The van der Waals surface area contributed by atoms with Gasteiger partial charge in [-0.3, -0.25) is 15.0 Å².